The van der Waals surface area contributed by atoms with Crippen molar-refractivity contribution in [2.45, 2.75) is 25.3 Å². The van der Waals surface area contributed by atoms with Crippen molar-refractivity contribution < 1.29 is 31.1 Å². The average molecular weight is 388 g/mol. The van der Waals surface area contributed by atoms with E-state index >= 15 is 0 Å². The van der Waals surface area contributed by atoms with Crippen molar-refractivity contribution in [2.24, 2.45) is 0 Å². The Kier molecular flexibility index (Phi) is 4.79. The largest absolute Gasteiger partial charge is 0.416 e. The molecule has 0 bridgehead atoms. The van der Waals surface area contributed by atoms with Gasteiger partial charge in [0, 0.05) is 18.8 Å². The fourth-order valence-electron chi connectivity index (χ4n) is 2.90. The highest BCUT2D eigenvalue weighted by Crippen LogP contribution is 2.37. The Bertz CT molecular complexity index is 827. The van der Waals surface area contributed by atoms with Crippen LogP contribution in [0.2, 0.25) is 0 Å². The number of hydrogen-bond donors (Lipinski definition) is 1. The number of nitrogens with one attached hydrogen (secondary N) is 1. The van der Waals surface area contributed by atoms with Gasteiger partial charge >= 0.3 is 18.4 Å². The minimum Gasteiger partial charge on any atom is -0.320 e. The fourth-order valence-corrected chi connectivity index (χ4v) is 2.90. The van der Waals surface area contributed by atoms with Crippen LogP contribution in [0.1, 0.15) is 22.3 Å². The van der Waals surface area contributed by atoms with Crippen molar-refractivity contribution in [3.63, 3.8) is 0 Å². The number of rotatable bonds is 1. The van der Waals surface area contributed by atoms with E-state index in [1.165, 1.54) is 4.90 Å². The maximum Gasteiger partial charge on any atom is 0.416 e. The van der Waals surface area contributed by atoms with E-state index < -0.39 is 35.2 Å². The summed E-state index contributed by atoms with van der Waals surface area (Å²) in [6, 6.07) is 7.63. The van der Waals surface area contributed by atoms with E-state index in [1.807, 2.05) is 18.2 Å². The van der Waals surface area contributed by atoms with E-state index in [4.69, 9.17) is 0 Å². The van der Waals surface area contributed by atoms with Gasteiger partial charge in [-0.05, 0) is 35.7 Å². The molecule has 2 amide bonds. The third-order valence-electron chi connectivity index (χ3n) is 4.26. The lowest BCUT2D eigenvalue weighted by Gasteiger charge is -2.29. The quantitative estimate of drug-likeness (QED) is 0.660. The molecule has 0 saturated heterocycles. The van der Waals surface area contributed by atoms with Gasteiger partial charge in [-0.3, -0.25) is 0 Å². The zero-order valence-electron chi connectivity index (χ0n) is 13.8. The second kappa shape index (κ2) is 6.79. The molecule has 9 heteroatoms. The maximum absolute atomic E-state index is 12.9. The summed E-state index contributed by atoms with van der Waals surface area (Å²) in [6.45, 7) is 0.543. The number of carbonyl (C=O) groups excluding carboxylic acids is 1. The standard InChI is InChI=1S/C18H14F6N2O/c19-17(20,21)13-7-14(18(22,23)24)9-15(8-13)25-16(27)26-6-5-11-3-1-2-4-12(11)10-26/h1-4,7-9H,5-6,10H2,(H,25,27). The topological polar surface area (TPSA) is 32.3 Å². The van der Waals surface area contributed by atoms with Gasteiger partial charge in [0.05, 0.1) is 11.1 Å². The molecule has 3 nitrogen and oxygen atoms in total. The van der Waals surface area contributed by atoms with E-state index in [0.717, 1.165) is 11.1 Å². The molecule has 144 valence electrons. The predicted octanol–water partition coefficient (Wildman–Crippen LogP) is 5.31. The third kappa shape index (κ3) is 4.35. The van der Waals surface area contributed by atoms with Crippen molar-refractivity contribution >= 4 is 11.7 Å². The normalized spacial score (nSPS) is 14.7. The fraction of sp³-hybridized carbons (Fsp3) is 0.278. The van der Waals surface area contributed by atoms with Crippen LogP contribution in [-0.2, 0) is 25.3 Å². The summed E-state index contributed by atoms with van der Waals surface area (Å²) >= 11 is 0. The summed E-state index contributed by atoms with van der Waals surface area (Å²) in [5.41, 5.74) is -1.56. The van der Waals surface area contributed by atoms with Crippen LogP contribution < -0.4 is 5.32 Å². The molecule has 0 aromatic heterocycles. The zero-order chi connectivity index (χ0) is 19.8. The van der Waals surface area contributed by atoms with Gasteiger partial charge in [0.25, 0.3) is 0 Å². The molecule has 0 unspecified atom stereocenters. The van der Waals surface area contributed by atoms with Crippen molar-refractivity contribution in [2.75, 3.05) is 11.9 Å². The van der Waals surface area contributed by atoms with Gasteiger partial charge < -0.3 is 10.2 Å². The van der Waals surface area contributed by atoms with Crippen LogP contribution in [0.15, 0.2) is 42.5 Å². The molecule has 1 N–H and O–H groups in total. The Morgan fingerprint density at radius 2 is 1.44 bits per heavy atom. The molecule has 1 heterocycles. The molecule has 0 radical (unpaired) electrons. The molecule has 1 aliphatic heterocycles. The van der Waals surface area contributed by atoms with Crippen LogP contribution in [0.4, 0.5) is 36.8 Å². The number of urea groups is 1. The average Bonchev–Trinajstić information content (AvgIpc) is 2.59. The van der Waals surface area contributed by atoms with Crippen molar-refractivity contribution in [1.29, 1.82) is 0 Å². The molecule has 2 aromatic rings. The van der Waals surface area contributed by atoms with E-state index in [2.05, 4.69) is 5.32 Å². The van der Waals surface area contributed by atoms with Crippen molar-refractivity contribution in [1.82, 2.24) is 4.90 Å². The molecule has 3 rings (SSSR count). The van der Waals surface area contributed by atoms with Crippen LogP contribution in [0.3, 0.4) is 0 Å². The molecule has 0 aliphatic carbocycles. The molecular formula is C18H14F6N2O. The Labute approximate surface area is 150 Å². The number of anilines is 1. The summed E-state index contributed by atoms with van der Waals surface area (Å²) < 4.78 is 77.4. The minimum atomic E-state index is -4.97. The van der Waals surface area contributed by atoms with E-state index in [1.54, 1.807) is 6.07 Å². The van der Waals surface area contributed by atoms with Gasteiger partial charge in [-0.2, -0.15) is 26.3 Å². The zero-order valence-corrected chi connectivity index (χ0v) is 13.8. The predicted molar refractivity (Wildman–Crippen MR) is 86.0 cm³/mol. The molecule has 27 heavy (non-hydrogen) atoms. The second-order valence-electron chi connectivity index (χ2n) is 6.16. The van der Waals surface area contributed by atoms with E-state index in [-0.39, 0.29) is 12.6 Å². The van der Waals surface area contributed by atoms with E-state index in [0.29, 0.717) is 25.1 Å². The van der Waals surface area contributed by atoms with Gasteiger partial charge in [0.15, 0.2) is 0 Å². The molecule has 0 saturated carbocycles. The number of fused-ring (bicyclic) bond motifs is 1. The third-order valence-corrected chi connectivity index (χ3v) is 4.26. The van der Waals surface area contributed by atoms with Gasteiger partial charge in [-0.1, -0.05) is 24.3 Å². The Morgan fingerprint density at radius 3 is 2.00 bits per heavy atom. The number of benzene rings is 2. The first-order valence-corrected chi connectivity index (χ1v) is 7.96. The van der Waals surface area contributed by atoms with Gasteiger partial charge in [0.1, 0.15) is 0 Å². The molecule has 0 spiro atoms. The van der Waals surface area contributed by atoms with Gasteiger partial charge in [0.2, 0.25) is 0 Å². The molecule has 1 aliphatic rings. The highest BCUT2D eigenvalue weighted by molar-refractivity contribution is 5.89. The smallest absolute Gasteiger partial charge is 0.320 e. The van der Waals surface area contributed by atoms with Crippen LogP contribution in [-0.4, -0.2) is 17.5 Å². The first-order chi connectivity index (χ1) is 12.5. The number of carbonyl (C=O) groups is 1. The summed E-state index contributed by atoms with van der Waals surface area (Å²) in [5.74, 6) is 0. The Hall–Kier alpha value is -2.71. The molecular weight excluding hydrogens is 374 g/mol. The summed E-state index contributed by atoms with van der Waals surface area (Å²) in [5, 5.41) is 2.15. The first kappa shape index (κ1) is 19.1. The first-order valence-electron chi connectivity index (χ1n) is 7.96. The van der Waals surface area contributed by atoms with Crippen LogP contribution in [0.5, 0.6) is 0 Å². The Balaban J connectivity index is 1.83. The second-order valence-corrected chi connectivity index (χ2v) is 6.16. The number of alkyl halides is 6. The van der Waals surface area contributed by atoms with Crippen LogP contribution >= 0.6 is 0 Å². The molecule has 0 fully saturated rings. The lowest BCUT2D eigenvalue weighted by molar-refractivity contribution is -0.143. The maximum atomic E-state index is 12.9. The van der Waals surface area contributed by atoms with Gasteiger partial charge in [-0.25, -0.2) is 4.79 Å². The SMILES string of the molecule is O=C(Nc1cc(C(F)(F)F)cc(C(F)(F)F)c1)N1CCc2ccccc2C1. The number of hydrogen-bond acceptors (Lipinski definition) is 1. The van der Waals surface area contributed by atoms with Crippen molar-refractivity contribution in [3.05, 3.63) is 64.7 Å². The monoisotopic (exact) mass is 388 g/mol. The van der Waals surface area contributed by atoms with Crippen molar-refractivity contribution in [3.8, 4) is 0 Å². The van der Waals surface area contributed by atoms with Crippen LogP contribution in [0.25, 0.3) is 0 Å². The lowest BCUT2D eigenvalue weighted by atomic mass is 10.0. The number of halogens is 6. The van der Waals surface area contributed by atoms with E-state index in [9.17, 15) is 31.1 Å². The summed E-state index contributed by atoms with van der Waals surface area (Å²) in [6.07, 6.45) is -9.38. The molecule has 2 aromatic carbocycles. The number of nitrogens with zero attached hydrogens (tertiary/aromatic N) is 1. The summed E-state index contributed by atoms with van der Waals surface area (Å²) in [4.78, 5) is 13.7. The van der Waals surface area contributed by atoms with Gasteiger partial charge in [-0.15, -0.1) is 0 Å². The highest BCUT2D eigenvalue weighted by atomic mass is 19.4. The van der Waals surface area contributed by atoms with Crippen LogP contribution in [0, 0.1) is 0 Å². The lowest BCUT2D eigenvalue weighted by Crippen LogP contribution is -2.38. The Morgan fingerprint density at radius 1 is 0.889 bits per heavy atom. The number of amides is 2. The highest BCUT2D eigenvalue weighted by Gasteiger charge is 2.37. The summed E-state index contributed by atoms with van der Waals surface area (Å²) in [7, 11) is 0. The minimum absolute atomic E-state index is 0.0206. The molecule has 0 atom stereocenters.